The third-order valence-corrected chi connectivity index (χ3v) is 9.30. The Morgan fingerprint density at radius 3 is 2.09 bits per heavy atom. The second-order valence-electron chi connectivity index (χ2n) is 9.37. The molecule has 0 unspecified atom stereocenters. The molecule has 1 aromatic rings. The smallest absolute Gasteiger partial charge is 0.125 e. The van der Waals surface area contributed by atoms with E-state index >= 15 is 0 Å². The van der Waals surface area contributed by atoms with Crippen LogP contribution in [0.25, 0.3) is 0 Å². The average Bonchev–Trinajstić information content (AvgIpc) is 3.19. The van der Waals surface area contributed by atoms with Crippen LogP contribution >= 0.6 is 0 Å². The van der Waals surface area contributed by atoms with E-state index < -0.39 is 8.07 Å². The number of hydrogen-bond acceptors (Lipinski definition) is 1. The van der Waals surface area contributed by atoms with Gasteiger partial charge in [0, 0.05) is 5.41 Å². The lowest BCUT2D eigenvalue weighted by Crippen LogP contribution is -2.46. The maximum absolute atomic E-state index is 11.4. The molecule has 0 N–H and O–H groups in total. The van der Waals surface area contributed by atoms with Gasteiger partial charge in [0.05, 0.1) is 8.07 Å². The molecule has 1 aliphatic rings. The highest BCUT2D eigenvalue weighted by molar-refractivity contribution is 6.89. The van der Waals surface area contributed by atoms with Crippen LogP contribution in [0.1, 0.15) is 47.0 Å². The van der Waals surface area contributed by atoms with Gasteiger partial charge in [0.15, 0.2) is 0 Å². The molecule has 0 aliphatic heterocycles. The Hall–Kier alpha value is -0.893. The van der Waals surface area contributed by atoms with Crippen LogP contribution in [0, 0.1) is 16.2 Å². The van der Waals surface area contributed by atoms with Crippen molar-refractivity contribution in [2.75, 3.05) is 0 Å². The minimum Gasteiger partial charge on any atom is -0.303 e. The van der Waals surface area contributed by atoms with Crippen molar-refractivity contribution in [2.24, 2.45) is 16.2 Å². The molecular weight excluding hydrogens is 284 g/mol. The minimum absolute atomic E-state index is 0.211. The molecule has 22 heavy (non-hydrogen) atoms. The molecule has 0 saturated heterocycles. The number of carbonyl (C=O) groups is 1. The predicted molar refractivity (Wildman–Crippen MR) is 98.3 cm³/mol. The van der Waals surface area contributed by atoms with Crippen LogP contribution in [-0.4, -0.2) is 14.4 Å². The lowest BCUT2D eigenvalue weighted by atomic mass is 9.67. The molecule has 0 bridgehead atoms. The largest absolute Gasteiger partial charge is 0.303 e. The van der Waals surface area contributed by atoms with Crippen molar-refractivity contribution in [2.45, 2.75) is 66.1 Å². The molecule has 1 fully saturated rings. The summed E-state index contributed by atoms with van der Waals surface area (Å²) in [6, 6.07) is 12.4. The first-order valence-electron chi connectivity index (χ1n) is 8.56. The second kappa shape index (κ2) is 5.63. The summed E-state index contributed by atoms with van der Waals surface area (Å²) >= 11 is 0. The van der Waals surface area contributed by atoms with Gasteiger partial charge in [-0.15, -0.1) is 0 Å². The molecular formula is C20H32OSi. The topological polar surface area (TPSA) is 17.1 Å². The minimum atomic E-state index is -1.44. The van der Waals surface area contributed by atoms with Gasteiger partial charge >= 0.3 is 0 Å². The summed E-state index contributed by atoms with van der Waals surface area (Å²) in [4.78, 5) is 11.4. The molecule has 0 spiro atoms. The lowest BCUT2D eigenvalue weighted by Gasteiger charge is -2.42. The van der Waals surface area contributed by atoms with E-state index in [2.05, 4.69) is 71.1 Å². The Kier molecular flexibility index (Phi) is 4.47. The van der Waals surface area contributed by atoms with E-state index in [9.17, 15) is 4.79 Å². The Morgan fingerprint density at radius 2 is 1.64 bits per heavy atom. The Morgan fingerprint density at radius 1 is 1.09 bits per heavy atom. The van der Waals surface area contributed by atoms with Crippen LogP contribution in [0.15, 0.2) is 30.3 Å². The Bertz CT molecular complexity index is 524. The van der Waals surface area contributed by atoms with Gasteiger partial charge in [0.1, 0.15) is 6.29 Å². The molecule has 1 aromatic carbocycles. The molecule has 1 saturated carbocycles. The normalized spacial score (nSPS) is 18.1. The molecule has 2 heteroatoms. The molecule has 0 aromatic heterocycles. The Labute approximate surface area is 137 Å². The zero-order valence-corrected chi connectivity index (χ0v) is 16.2. The second-order valence-corrected chi connectivity index (χ2v) is 14.1. The van der Waals surface area contributed by atoms with Gasteiger partial charge in [-0.05, 0) is 36.1 Å². The zero-order chi connectivity index (χ0) is 16.6. The highest BCUT2D eigenvalue weighted by Gasteiger charge is 2.57. The van der Waals surface area contributed by atoms with Crippen molar-refractivity contribution in [3.63, 3.8) is 0 Å². The van der Waals surface area contributed by atoms with Crippen LogP contribution in [0.3, 0.4) is 0 Å². The van der Waals surface area contributed by atoms with E-state index in [1.807, 2.05) is 0 Å². The van der Waals surface area contributed by atoms with Crippen LogP contribution in [0.5, 0.6) is 0 Å². The lowest BCUT2D eigenvalue weighted by molar-refractivity contribution is -0.116. The summed E-state index contributed by atoms with van der Waals surface area (Å²) in [6.45, 7) is 13.9. The van der Waals surface area contributed by atoms with Gasteiger partial charge in [-0.3, -0.25) is 0 Å². The molecule has 1 aliphatic carbocycles. The molecule has 122 valence electrons. The van der Waals surface area contributed by atoms with E-state index in [4.69, 9.17) is 0 Å². The highest BCUT2D eigenvalue weighted by atomic mass is 28.3. The molecule has 0 radical (unpaired) electrons. The summed E-state index contributed by atoms with van der Waals surface area (Å²) in [5.74, 6) is 0. The first kappa shape index (κ1) is 17.5. The van der Waals surface area contributed by atoms with Crippen LogP contribution in [-0.2, 0) is 4.79 Å². The SMILES string of the molecule is CC(C)(C=O)CC(C)(C)C1(C[Si](C)(C)c2ccccc2)CC1. The fourth-order valence-electron chi connectivity index (χ4n) is 4.45. The number of carbonyl (C=O) groups excluding carboxylic acids is 1. The van der Waals surface area contributed by atoms with Gasteiger partial charge in [-0.1, -0.05) is 76.3 Å². The summed E-state index contributed by atoms with van der Waals surface area (Å²) in [5.41, 5.74) is 0.465. The quantitative estimate of drug-likeness (QED) is 0.510. The molecule has 1 nitrogen and oxygen atoms in total. The van der Waals surface area contributed by atoms with Crippen molar-refractivity contribution in [3.05, 3.63) is 30.3 Å². The summed E-state index contributed by atoms with van der Waals surface area (Å²) in [7, 11) is -1.44. The van der Waals surface area contributed by atoms with Gasteiger partial charge < -0.3 is 4.79 Å². The van der Waals surface area contributed by atoms with E-state index in [0.717, 1.165) is 12.7 Å². The van der Waals surface area contributed by atoms with Crippen LogP contribution < -0.4 is 5.19 Å². The number of aldehydes is 1. The van der Waals surface area contributed by atoms with Crippen molar-refractivity contribution >= 4 is 19.5 Å². The maximum Gasteiger partial charge on any atom is 0.125 e. The van der Waals surface area contributed by atoms with Gasteiger partial charge in [0.25, 0.3) is 0 Å². The fourth-order valence-corrected chi connectivity index (χ4v) is 8.27. The first-order chi connectivity index (χ1) is 10.0. The predicted octanol–water partition coefficient (Wildman–Crippen LogP) is 5.02. The summed E-state index contributed by atoms with van der Waals surface area (Å²) in [5, 5.41) is 1.56. The van der Waals surface area contributed by atoms with E-state index in [0.29, 0.717) is 5.41 Å². The standard InChI is InChI=1S/C20H32OSi/c1-18(2,15-21)14-19(3,4)20(12-13-20)16-22(5,6)17-10-8-7-9-11-17/h7-11,15H,12-14,16H2,1-6H3. The van der Waals surface area contributed by atoms with Crippen molar-refractivity contribution < 1.29 is 4.79 Å². The third-order valence-electron chi connectivity index (χ3n) is 5.84. The molecule has 0 atom stereocenters. The summed E-state index contributed by atoms with van der Waals surface area (Å²) in [6.07, 6.45) is 4.80. The molecule has 0 amide bonds. The number of rotatable bonds is 7. The van der Waals surface area contributed by atoms with Gasteiger partial charge in [-0.25, -0.2) is 0 Å². The Balaban J connectivity index is 2.19. The van der Waals surface area contributed by atoms with E-state index in [1.165, 1.54) is 18.9 Å². The van der Waals surface area contributed by atoms with Crippen molar-refractivity contribution in [3.8, 4) is 0 Å². The number of benzene rings is 1. The van der Waals surface area contributed by atoms with Crippen molar-refractivity contribution in [1.82, 2.24) is 0 Å². The van der Waals surface area contributed by atoms with E-state index in [-0.39, 0.29) is 10.8 Å². The van der Waals surface area contributed by atoms with E-state index in [1.54, 1.807) is 5.19 Å². The van der Waals surface area contributed by atoms with Gasteiger partial charge in [0.2, 0.25) is 0 Å². The third kappa shape index (κ3) is 3.53. The van der Waals surface area contributed by atoms with Crippen LogP contribution in [0.2, 0.25) is 19.1 Å². The first-order valence-corrected chi connectivity index (χ1v) is 11.8. The number of hydrogen-bond donors (Lipinski definition) is 0. The molecule has 0 heterocycles. The van der Waals surface area contributed by atoms with Crippen LogP contribution in [0.4, 0.5) is 0 Å². The highest BCUT2D eigenvalue weighted by Crippen LogP contribution is 2.65. The zero-order valence-electron chi connectivity index (χ0n) is 15.2. The molecule has 2 rings (SSSR count). The van der Waals surface area contributed by atoms with Gasteiger partial charge in [-0.2, -0.15) is 0 Å². The monoisotopic (exact) mass is 316 g/mol. The summed E-state index contributed by atoms with van der Waals surface area (Å²) < 4.78 is 0. The maximum atomic E-state index is 11.4. The van der Waals surface area contributed by atoms with Crippen molar-refractivity contribution in [1.29, 1.82) is 0 Å². The fraction of sp³-hybridized carbons (Fsp3) is 0.650. The average molecular weight is 317 g/mol.